The zero-order valence-corrected chi connectivity index (χ0v) is 19.3. The molecule has 0 heterocycles. The van der Waals surface area contributed by atoms with Gasteiger partial charge in [0.2, 0.25) is 0 Å². The lowest BCUT2D eigenvalue weighted by Crippen LogP contribution is -2.45. The fraction of sp³-hybridized carbons (Fsp3) is 0.852. The van der Waals surface area contributed by atoms with Crippen molar-refractivity contribution in [1.82, 2.24) is 0 Å². The largest absolute Gasteiger partial charge is 0.368 e. The summed E-state index contributed by atoms with van der Waals surface area (Å²) in [5, 5.41) is 18.7. The van der Waals surface area contributed by atoms with Gasteiger partial charge in [-0.05, 0) is 85.9 Å². The molecule has 0 saturated heterocycles. The third kappa shape index (κ3) is 3.67. The van der Waals surface area contributed by atoms with Crippen LogP contribution < -0.4 is 0 Å². The second-order valence-electron chi connectivity index (χ2n) is 11.6. The molecule has 0 aromatic heterocycles. The van der Waals surface area contributed by atoms with E-state index in [2.05, 4.69) is 32.9 Å². The number of allylic oxidation sites excluding steroid dienone is 4. The molecule has 0 bridgehead atoms. The molecule has 2 heteroatoms. The van der Waals surface area contributed by atoms with Gasteiger partial charge in [0.1, 0.15) is 0 Å². The average Bonchev–Trinajstić information content (AvgIpc) is 3.04. The van der Waals surface area contributed by atoms with Gasteiger partial charge in [0.25, 0.3) is 0 Å². The molecule has 7 atom stereocenters. The van der Waals surface area contributed by atoms with Crippen LogP contribution in [-0.2, 0) is 0 Å². The molecule has 1 unspecified atom stereocenters. The average molecular weight is 401 g/mol. The van der Waals surface area contributed by atoms with Gasteiger partial charge in [-0.3, -0.25) is 0 Å². The Morgan fingerprint density at radius 1 is 0.966 bits per heavy atom. The van der Waals surface area contributed by atoms with Crippen molar-refractivity contribution in [3.8, 4) is 0 Å². The van der Waals surface area contributed by atoms with Crippen molar-refractivity contribution in [3.63, 3.8) is 0 Å². The van der Waals surface area contributed by atoms with Gasteiger partial charge < -0.3 is 10.2 Å². The Balaban J connectivity index is 1.46. The molecule has 29 heavy (non-hydrogen) atoms. The summed E-state index contributed by atoms with van der Waals surface area (Å²) in [6, 6.07) is 0. The van der Waals surface area contributed by atoms with Crippen molar-refractivity contribution in [2.24, 2.45) is 40.4 Å². The van der Waals surface area contributed by atoms with Crippen molar-refractivity contribution >= 4 is 0 Å². The van der Waals surface area contributed by atoms with Crippen LogP contribution >= 0.6 is 0 Å². The van der Waals surface area contributed by atoms with Gasteiger partial charge >= 0.3 is 0 Å². The Labute approximate surface area is 178 Å². The maximum atomic E-state index is 9.35. The van der Waals surface area contributed by atoms with Gasteiger partial charge in [-0.1, -0.05) is 70.3 Å². The van der Waals surface area contributed by atoms with Crippen LogP contribution in [0.5, 0.6) is 0 Å². The minimum Gasteiger partial charge on any atom is -0.368 e. The van der Waals surface area contributed by atoms with E-state index in [4.69, 9.17) is 0 Å². The molecule has 0 spiro atoms. The van der Waals surface area contributed by atoms with E-state index in [9.17, 15) is 10.2 Å². The van der Waals surface area contributed by atoms with Crippen molar-refractivity contribution < 1.29 is 10.2 Å². The summed E-state index contributed by atoms with van der Waals surface area (Å²) >= 11 is 0. The van der Waals surface area contributed by atoms with Gasteiger partial charge in [-0.25, -0.2) is 0 Å². The fourth-order valence-electron chi connectivity index (χ4n) is 8.12. The molecule has 4 aliphatic rings. The van der Waals surface area contributed by atoms with E-state index >= 15 is 0 Å². The number of fused-ring (bicyclic) bond motifs is 5. The monoisotopic (exact) mass is 400 g/mol. The topological polar surface area (TPSA) is 40.5 Å². The van der Waals surface area contributed by atoms with Gasteiger partial charge in [-0.15, -0.1) is 0 Å². The molecule has 4 rings (SSSR count). The third-order valence-electron chi connectivity index (χ3n) is 10.1. The van der Waals surface area contributed by atoms with E-state index < -0.39 is 6.29 Å². The molecule has 0 aromatic carbocycles. The quantitative estimate of drug-likeness (QED) is 0.491. The molecule has 3 fully saturated rings. The molecule has 4 aliphatic carbocycles. The van der Waals surface area contributed by atoms with Gasteiger partial charge in [0.15, 0.2) is 6.29 Å². The number of aliphatic hydroxyl groups is 2. The lowest BCUT2D eigenvalue weighted by atomic mass is 9.50. The van der Waals surface area contributed by atoms with Gasteiger partial charge in [0.05, 0.1) is 0 Å². The van der Waals surface area contributed by atoms with Crippen LogP contribution in [0.15, 0.2) is 23.3 Å². The first-order chi connectivity index (χ1) is 13.8. The van der Waals surface area contributed by atoms with Crippen LogP contribution in [0.3, 0.4) is 0 Å². The molecular formula is C27H44O2. The van der Waals surface area contributed by atoms with E-state index in [1.807, 2.05) is 12.5 Å². The maximum absolute atomic E-state index is 9.35. The molecule has 3 saturated carbocycles. The van der Waals surface area contributed by atoms with Crippen molar-refractivity contribution in [3.05, 3.63) is 23.3 Å². The van der Waals surface area contributed by atoms with Crippen molar-refractivity contribution in [1.29, 1.82) is 0 Å². The predicted octanol–water partition coefficient (Wildman–Crippen LogP) is 6.63. The molecular weight excluding hydrogens is 356 g/mol. The van der Waals surface area contributed by atoms with Crippen LogP contribution in [0.2, 0.25) is 0 Å². The maximum Gasteiger partial charge on any atom is 0.154 e. The second kappa shape index (κ2) is 8.15. The first kappa shape index (κ1) is 21.6. The molecule has 0 radical (unpaired) electrons. The SMILES string of the molecule is CC(CCC[C@@H](C)[C@H]1CC[C@H]2C3=CC=C4CCCC[C@]4(C)[C@H]3CC[C@]12C)C(O)O. The predicted molar refractivity (Wildman–Crippen MR) is 120 cm³/mol. The Morgan fingerprint density at radius 2 is 1.76 bits per heavy atom. The van der Waals surface area contributed by atoms with E-state index in [0.29, 0.717) is 10.8 Å². The van der Waals surface area contributed by atoms with Crippen LogP contribution in [-0.4, -0.2) is 16.5 Å². The summed E-state index contributed by atoms with van der Waals surface area (Å²) in [7, 11) is 0. The van der Waals surface area contributed by atoms with Crippen LogP contribution in [0.1, 0.15) is 98.3 Å². The van der Waals surface area contributed by atoms with Crippen LogP contribution in [0.4, 0.5) is 0 Å². The Hall–Kier alpha value is -0.600. The number of hydrogen-bond acceptors (Lipinski definition) is 2. The normalized spacial score (nSPS) is 41.1. The highest BCUT2D eigenvalue weighted by Crippen LogP contribution is 2.66. The van der Waals surface area contributed by atoms with E-state index in [-0.39, 0.29) is 5.92 Å². The number of hydrogen-bond donors (Lipinski definition) is 2. The Morgan fingerprint density at radius 3 is 2.52 bits per heavy atom. The standard InChI is InChI=1S/C27H44O2/c1-18(8-7-9-19(2)25(28)29)22-13-14-23-21-12-11-20-10-5-6-16-26(20,3)24(21)15-17-27(22,23)4/h11-12,18-19,22-25,28-29H,5-10,13-17H2,1-4H3/t18-,19?,22-,23+,24+,26+,27-/m1/s1. The van der Waals surface area contributed by atoms with Gasteiger partial charge in [-0.2, -0.15) is 0 Å². The minimum atomic E-state index is -1.16. The number of rotatable bonds is 6. The molecule has 2 nitrogen and oxygen atoms in total. The first-order valence-electron chi connectivity index (χ1n) is 12.5. The van der Waals surface area contributed by atoms with Crippen molar-refractivity contribution in [2.45, 2.75) is 105 Å². The Bertz CT molecular complexity index is 661. The van der Waals surface area contributed by atoms with E-state index in [1.165, 1.54) is 57.8 Å². The van der Waals surface area contributed by atoms with Crippen LogP contribution in [0, 0.1) is 40.4 Å². The second-order valence-corrected chi connectivity index (χ2v) is 11.6. The highest BCUT2D eigenvalue weighted by molar-refractivity contribution is 5.38. The summed E-state index contributed by atoms with van der Waals surface area (Å²) in [6.07, 6.45) is 18.3. The fourth-order valence-corrected chi connectivity index (χ4v) is 8.12. The van der Waals surface area contributed by atoms with E-state index in [0.717, 1.165) is 36.5 Å². The van der Waals surface area contributed by atoms with E-state index in [1.54, 1.807) is 5.57 Å². The zero-order chi connectivity index (χ0) is 20.8. The Kier molecular flexibility index (Phi) is 6.08. The lowest BCUT2D eigenvalue weighted by molar-refractivity contribution is -0.0811. The first-order valence-corrected chi connectivity index (χ1v) is 12.5. The molecule has 2 N–H and O–H groups in total. The molecule has 0 amide bonds. The summed E-state index contributed by atoms with van der Waals surface area (Å²) < 4.78 is 0. The molecule has 164 valence electrons. The summed E-state index contributed by atoms with van der Waals surface area (Å²) in [6.45, 7) is 9.63. The van der Waals surface area contributed by atoms with Crippen molar-refractivity contribution in [2.75, 3.05) is 0 Å². The smallest absolute Gasteiger partial charge is 0.154 e. The van der Waals surface area contributed by atoms with Crippen LogP contribution in [0.25, 0.3) is 0 Å². The molecule has 0 aliphatic heterocycles. The molecule has 0 aromatic rings. The summed E-state index contributed by atoms with van der Waals surface area (Å²) in [4.78, 5) is 0. The summed E-state index contributed by atoms with van der Waals surface area (Å²) in [5.41, 5.74) is 4.50. The highest BCUT2D eigenvalue weighted by Gasteiger charge is 2.56. The zero-order valence-electron chi connectivity index (χ0n) is 19.3. The number of aliphatic hydroxyl groups excluding tert-OH is 1. The third-order valence-corrected chi connectivity index (χ3v) is 10.1. The lowest BCUT2D eigenvalue weighted by Gasteiger charge is -2.54. The highest BCUT2D eigenvalue weighted by atomic mass is 16.5. The minimum absolute atomic E-state index is 0.00540. The summed E-state index contributed by atoms with van der Waals surface area (Å²) in [5.74, 6) is 3.16. The van der Waals surface area contributed by atoms with Gasteiger partial charge in [0, 0.05) is 5.92 Å².